The second-order valence-corrected chi connectivity index (χ2v) is 5.77. The van der Waals surface area contributed by atoms with E-state index >= 15 is 0 Å². The molecule has 2 atom stereocenters. The van der Waals surface area contributed by atoms with Gasteiger partial charge < -0.3 is 29.1 Å². The lowest BCUT2D eigenvalue weighted by Gasteiger charge is -2.23. The van der Waals surface area contributed by atoms with Crippen molar-refractivity contribution in [2.24, 2.45) is 0 Å². The van der Waals surface area contributed by atoms with Crippen molar-refractivity contribution in [2.45, 2.75) is 26.4 Å². The van der Waals surface area contributed by atoms with Gasteiger partial charge in [0.1, 0.15) is 13.7 Å². The molecule has 0 aliphatic rings. The van der Waals surface area contributed by atoms with E-state index < -0.39 is 13.7 Å². The number of hydrogen-bond donors (Lipinski definition) is 2. The molecule has 0 aromatic heterocycles. The van der Waals surface area contributed by atoms with Crippen LogP contribution in [0.25, 0.3) is 0 Å². The Hall–Kier alpha value is 0.0300. The SMILES string of the molecule is CCNCCCOCC(O)COP(=O)([O-])CC. The lowest BCUT2D eigenvalue weighted by Crippen LogP contribution is -2.24. The van der Waals surface area contributed by atoms with E-state index in [4.69, 9.17) is 4.74 Å². The fourth-order valence-electron chi connectivity index (χ4n) is 1.03. The minimum atomic E-state index is -3.76. The number of ether oxygens (including phenoxy) is 1. The van der Waals surface area contributed by atoms with Gasteiger partial charge in [-0.1, -0.05) is 13.8 Å². The van der Waals surface area contributed by atoms with Crippen molar-refractivity contribution in [3.63, 3.8) is 0 Å². The molecule has 104 valence electrons. The molecule has 0 aliphatic carbocycles. The van der Waals surface area contributed by atoms with Gasteiger partial charge in [-0.05, 0) is 19.5 Å². The van der Waals surface area contributed by atoms with E-state index in [1.807, 2.05) is 6.92 Å². The van der Waals surface area contributed by atoms with E-state index in [0.717, 1.165) is 19.5 Å². The number of rotatable bonds is 11. The van der Waals surface area contributed by atoms with Crippen LogP contribution >= 0.6 is 7.60 Å². The van der Waals surface area contributed by atoms with Crippen LogP contribution in [0.1, 0.15) is 20.3 Å². The maximum Gasteiger partial charge on any atom is 0.134 e. The van der Waals surface area contributed by atoms with Gasteiger partial charge in [-0.3, -0.25) is 0 Å². The average molecular weight is 268 g/mol. The van der Waals surface area contributed by atoms with Gasteiger partial charge in [0.2, 0.25) is 0 Å². The van der Waals surface area contributed by atoms with Crippen LogP contribution in [0.4, 0.5) is 0 Å². The molecule has 17 heavy (non-hydrogen) atoms. The van der Waals surface area contributed by atoms with Crippen molar-refractivity contribution >= 4 is 7.60 Å². The topological polar surface area (TPSA) is 90.8 Å². The van der Waals surface area contributed by atoms with E-state index in [-0.39, 0.29) is 19.4 Å². The van der Waals surface area contributed by atoms with Crippen molar-refractivity contribution in [2.75, 3.05) is 39.1 Å². The zero-order chi connectivity index (χ0) is 13.1. The molecule has 0 saturated heterocycles. The summed E-state index contributed by atoms with van der Waals surface area (Å²) in [7, 11) is -3.76. The Morgan fingerprint density at radius 2 is 2.12 bits per heavy atom. The summed E-state index contributed by atoms with van der Waals surface area (Å²) in [5, 5.41) is 12.5. The van der Waals surface area contributed by atoms with Crippen LogP contribution in [0.5, 0.6) is 0 Å². The summed E-state index contributed by atoms with van der Waals surface area (Å²) < 4.78 is 20.8. The van der Waals surface area contributed by atoms with E-state index in [2.05, 4.69) is 9.84 Å². The molecule has 0 fully saturated rings. The minimum absolute atomic E-state index is 0.0662. The molecule has 0 spiro atoms. The highest BCUT2D eigenvalue weighted by Gasteiger charge is 2.10. The fraction of sp³-hybridized carbons (Fsp3) is 1.00. The van der Waals surface area contributed by atoms with Gasteiger partial charge in [-0.15, -0.1) is 0 Å². The van der Waals surface area contributed by atoms with Crippen LogP contribution < -0.4 is 10.2 Å². The molecule has 0 aliphatic heterocycles. The average Bonchev–Trinajstić information content (AvgIpc) is 2.31. The Morgan fingerprint density at radius 3 is 2.71 bits per heavy atom. The van der Waals surface area contributed by atoms with Crippen LogP contribution in [-0.2, 0) is 13.8 Å². The van der Waals surface area contributed by atoms with Gasteiger partial charge >= 0.3 is 0 Å². The highest BCUT2D eigenvalue weighted by Crippen LogP contribution is 2.35. The quantitative estimate of drug-likeness (QED) is 0.403. The predicted molar refractivity (Wildman–Crippen MR) is 64.1 cm³/mol. The third kappa shape index (κ3) is 10.9. The van der Waals surface area contributed by atoms with Gasteiger partial charge in [0, 0.05) is 12.8 Å². The second kappa shape index (κ2) is 10.00. The lowest BCUT2D eigenvalue weighted by atomic mass is 10.4. The Labute approximate surface area is 103 Å². The maximum atomic E-state index is 11.0. The fourth-order valence-corrected chi connectivity index (χ4v) is 1.62. The Bertz CT molecular complexity index is 227. The first-order chi connectivity index (χ1) is 8.02. The molecule has 2 N–H and O–H groups in total. The van der Waals surface area contributed by atoms with Gasteiger partial charge in [-0.2, -0.15) is 0 Å². The smallest absolute Gasteiger partial charge is 0.134 e. The Kier molecular flexibility index (Phi) is 10.0. The number of hydrogen-bond acceptors (Lipinski definition) is 6. The third-order valence-corrected chi connectivity index (χ3v) is 3.37. The van der Waals surface area contributed by atoms with Gasteiger partial charge in [0.15, 0.2) is 0 Å². The number of aliphatic hydroxyl groups excluding tert-OH is 1. The van der Waals surface area contributed by atoms with Crippen molar-refractivity contribution in [3.8, 4) is 0 Å². The minimum Gasteiger partial charge on any atom is -0.779 e. The van der Waals surface area contributed by atoms with Crippen molar-refractivity contribution in [1.29, 1.82) is 0 Å². The zero-order valence-corrected chi connectivity index (χ0v) is 11.4. The molecule has 0 bridgehead atoms. The van der Waals surface area contributed by atoms with Crippen molar-refractivity contribution in [3.05, 3.63) is 0 Å². The molecule has 0 rings (SSSR count). The summed E-state index contributed by atoms with van der Waals surface area (Å²) in [6.07, 6.45) is -0.109. The lowest BCUT2D eigenvalue weighted by molar-refractivity contribution is -0.200. The van der Waals surface area contributed by atoms with E-state index in [1.165, 1.54) is 6.92 Å². The van der Waals surface area contributed by atoms with Crippen LogP contribution in [-0.4, -0.2) is 50.3 Å². The summed E-state index contributed by atoms with van der Waals surface area (Å²) in [5.41, 5.74) is 0. The predicted octanol–water partition coefficient (Wildman–Crippen LogP) is -0.0466. The zero-order valence-electron chi connectivity index (χ0n) is 10.6. The first-order valence-corrected chi connectivity index (χ1v) is 7.65. The molecule has 2 unspecified atom stereocenters. The summed E-state index contributed by atoms with van der Waals surface area (Å²) in [5.74, 6) is 0. The standard InChI is InChI=1S/C10H24NO5P/c1-3-11-6-5-7-15-8-10(12)9-16-17(13,14)4-2/h10-12H,3-9H2,1-2H3,(H,13,14)/p-1. The molecular formula is C10H23NO5P-. The van der Waals surface area contributed by atoms with Gasteiger partial charge in [-0.25, -0.2) is 0 Å². The molecule has 0 amide bonds. The molecule has 0 aromatic carbocycles. The summed E-state index contributed by atoms with van der Waals surface area (Å²) in [6.45, 7) is 5.71. The van der Waals surface area contributed by atoms with Crippen LogP contribution in [0.2, 0.25) is 0 Å². The molecular weight excluding hydrogens is 245 g/mol. The second-order valence-electron chi connectivity index (χ2n) is 3.66. The first kappa shape index (κ1) is 17.0. The third-order valence-electron chi connectivity index (χ3n) is 2.05. The molecule has 0 heterocycles. The molecule has 6 nitrogen and oxygen atoms in total. The van der Waals surface area contributed by atoms with Gasteiger partial charge in [0.25, 0.3) is 0 Å². The van der Waals surface area contributed by atoms with Crippen LogP contribution in [0, 0.1) is 0 Å². The summed E-state index contributed by atoms with van der Waals surface area (Å²) in [6, 6.07) is 0. The maximum absolute atomic E-state index is 11.0. The molecule has 0 radical (unpaired) electrons. The van der Waals surface area contributed by atoms with Crippen LogP contribution in [0.3, 0.4) is 0 Å². The van der Waals surface area contributed by atoms with E-state index in [9.17, 15) is 14.6 Å². The highest BCUT2D eigenvalue weighted by atomic mass is 31.2. The first-order valence-electron chi connectivity index (χ1n) is 5.93. The summed E-state index contributed by atoms with van der Waals surface area (Å²) in [4.78, 5) is 11.0. The van der Waals surface area contributed by atoms with Crippen molar-refractivity contribution < 1.29 is 23.8 Å². The van der Waals surface area contributed by atoms with Crippen LogP contribution in [0.15, 0.2) is 0 Å². The summed E-state index contributed by atoms with van der Waals surface area (Å²) >= 11 is 0. The normalized spacial score (nSPS) is 16.7. The Morgan fingerprint density at radius 1 is 1.41 bits per heavy atom. The monoisotopic (exact) mass is 268 g/mol. The van der Waals surface area contributed by atoms with E-state index in [1.54, 1.807) is 0 Å². The van der Waals surface area contributed by atoms with Gasteiger partial charge in [0.05, 0.1) is 13.2 Å². The number of nitrogens with one attached hydrogen (secondary N) is 1. The Balaban J connectivity index is 3.41. The molecule has 7 heteroatoms. The van der Waals surface area contributed by atoms with E-state index in [0.29, 0.717) is 6.61 Å². The number of aliphatic hydroxyl groups is 1. The molecule has 0 aromatic rings. The van der Waals surface area contributed by atoms with Crippen molar-refractivity contribution in [1.82, 2.24) is 5.32 Å². The highest BCUT2D eigenvalue weighted by molar-refractivity contribution is 7.51. The molecule has 0 saturated carbocycles. The largest absolute Gasteiger partial charge is 0.779 e.